The van der Waals surface area contributed by atoms with Crippen molar-refractivity contribution in [2.75, 3.05) is 26.0 Å². The minimum absolute atomic E-state index is 0.0341. The summed E-state index contributed by atoms with van der Waals surface area (Å²) in [5.41, 5.74) is 1.84. The van der Waals surface area contributed by atoms with Gasteiger partial charge in [-0.05, 0) is 24.6 Å². The van der Waals surface area contributed by atoms with Crippen molar-refractivity contribution >= 4 is 40.3 Å². The number of hydrogen-bond donors (Lipinski definition) is 1. The topological polar surface area (TPSA) is 56.2 Å². The third-order valence-corrected chi connectivity index (χ3v) is 4.59. The molecule has 2 rings (SSSR count). The van der Waals surface area contributed by atoms with Crippen LogP contribution in [0.4, 0.5) is 0 Å². The fourth-order valence-corrected chi connectivity index (χ4v) is 3.21. The summed E-state index contributed by atoms with van der Waals surface area (Å²) >= 11 is 7.47. The van der Waals surface area contributed by atoms with Gasteiger partial charge in [0.05, 0.1) is 23.4 Å². The Bertz CT molecular complexity index is 660. The summed E-state index contributed by atoms with van der Waals surface area (Å²) < 4.78 is 7.24. The van der Waals surface area contributed by atoms with Gasteiger partial charge in [0, 0.05) is 25.2 Å². The van der Waals surface area contributed by atoms with E-state index < -0.39 is 0 Å². The number of halogens is 1. The van der Waals surface area contributed by atoms with E-state index in [1.54, 1.807) is 7.11 Å². The summed E-state index contributed by atoms with van der Waals surface area (Å²) in [5, 5.41) is 4.38. The lowest BCUT2D eigenvalue weighted by Crippen LogP contribution is -2.26. The smallest absolute Gasteiger partial charge is 0.230 e. The fourth-order valence-electron chi connectivity index (χ4n) is 2.18. The summed E-state index contributed by atoms with van der Waals surface area (Å²) in [5.74, 6) is 0.389. The monoisotopic (exact) mass is 355 g/mol. The number of imidazole rings is 1. The lowest BCUT2D eigenvalue weighted by molar-refractivity contribution is -0.118. The number of amides is 1. The number of thioether (sulfide) groups is 1. The Morgan fingerprint density at radius 2 is 2.30 bits per heavy atom. The normalized spacial score (nSPS) is 11.1. The van der Waals surface area contributed by atoms with E-state index in [0.29, 0.717) is 23.9 Å². The Hall–Kier alpha value is -1.24. The van der Waals surface area contributed by atoms with Crippen LogP contribution in [0.3, 0.4) is 0 Å². The number of methoxy groups -OCH3 is 1. The van der Waals surface area contributed by atoms with E-state index in [4.69, 9.17) is 16.3 Å². The molecule has 5 nitrogen and oxygen atoms in total. The van der Waals surface area contributed by atoms with Crippen molar-refractivity contribution in [3.05, 3.63) is 23.2 Å². The van der Waals surface area contributed by atoms with Crippen LogP contribution in [0.15, 0.2) is 23.4 Å². The highest BCUT2D eigenvalue weighted by atomic mass is 35.5. The van der Waals surface area contributed by atoms with E-state index in [1.165, 1.54) is 11.8 Å². The zero-order chi connectivity index (χ0) is 16.7. The van der Waals surface area contributed by atoms with Gasteiger partial charge in [0.25, 0.3) is 0 Å². The molecule has 1 aromatic heterocycles. The molecule has 1 heterocycles. The van der Waals surface area contributed by atoms with Gasteiger partial charge in [-0.25, -0.2) is 4.98 Å². The average Bonchev–Trinajstić information content (AvgIpc) is 2.87. The van der Waals surface area contributed by atoms with Crippen LogP contribution in [0.5, 0.6) is 0 Å². The number of carbonyl (C=O) groups excluding carboxylic acids is 1. The van der Waals surface area contributed by atoms with Gasteiger partial charge in [-0.3, -0.25) is 4.79 Å². The van der Waals surface area contributed by atoms with Crippen LogP contribution in [0.25, 0.3) is 11.0 Å². The summed E-state index contributed by atoms with van der Waals surface area (Å²) in [6.45, 7) is 4.11. The van der Waals surface area contributed by atoms with E-state index >= 15 is 0 Å². The second kappa shape index (κ2) is 9.15. The molecule has 2 aromatic rings. The van der Waals surface area contributed by atoms with Crippen molar-refractivity contribution in [2.24, 2.45) is 0 Å². The number of nitrogens with one attached hydrogen (secondary N) is 1. The number of ether oxygens (including phenoxy) is 1. The van der Waals surface area contributed by atoms with Gasteiger partial charge >= 0.3 is 0 Å². The van der Waals surface area contributed by atoms with Gasteiger partial charge in [-0.15, -0.1) is 0 Å². The first-order chi connectivity index (χ1) is 11.2. The minimum Gasteiger partial charge on any atom is -0.383 e. The number of aromatic nitrogens is 2. The highest BCUT2D eigenvalue weighted by molar-refractivity contribution is 7.99. The molecular formula is C16H22ClN3O2S. The molecule has 0 aliphatic carbocycles. The molecular weight excluding hydrogens is 334 g/mol. The predicted octanol–water partition coefficient (Wildman–Crippen LogP) is 3.34. The zero-order valence-corrected chi connectivity index (χ0v) is 15.0. The largest absolute Gasteiger partial charge is 0.383 e. The van der Waals surface area contributed by atoms with Gasteiger partial charge in [0.15, 0.2) is 5.16 Å². The molecule has 0 aliphatic rings. The second-order valence-electron chi connectivity index (χ2n) is 5.16. The molecule has 23 heavy (non-hydrogen) atoms. The van der Waals surface area contributed by atoms with E-state index in [0.717, 1.165) is 35.6 Å². The van der Waals surface area contributed by atoms with Crippen LogP contribution in [0.1, 0.15) is 19.8 Å². The predicted molar refractivity (Wildman–Crippen MR) is 95.3 cm³/mol. The van der Waals surface area contributed by atoms with Crippen LogP contribution >= 0.6 is 23.4 Å². The molecule has 0 fully saturated rings. The Morgan fingerprint density at radius 3 is 3.04 bits per heavy atom. The standard InChI is InChI=1S/C16H22ClN3O2S/c1-3-4-7-18-15(21)11-23-16-19-13-10-12(17)5-6-14(13)20(16)8-9-22-2/h5-6,10H,3-4,7-9,11H2,1-2H3,(H,18,21). The minimum atomic E-state index is 0.0341. The maximum absolute atomic E-state index is 11.9. The molecule has 1 aromatic carbocycles. The molecule has 0 spiro atoms. The second-order valence-corrected chi connectivity index (χ2v) is 6.54. The lowest BCUT2D eigenvalue weighted by Gasteiger charge is -2.08. The van der Waals surface area contributed by atoms with Crippen molar-refractivity contribution in [1.82, 2.24) is 14.9 Å². The van der Waals surface area contributed by atoms with Crippen molar-refractivity contribution in [1.29, 1.82) is 0 Å². The first kappa shape index (κ1) is 18.1. The van der Waals surface area contributed by atoms with Gasteiger partial charge in [-0.2, -0.15) is 0 Å². The quantitative estimate of drug-likeness (QED) is 0.553. The summed E-state index contributed by atoms with van der Waals surface area (Å²) in [6, 6.07) is 5.64. The van der Waals surface area contributed by atoms with Crippen LogP contribution in [0.2, 0.25) is 5.02 Å². The van der Waals surface area contributed by atoms with E-state index in [2.05, 4.69) is 21.8 Å². The Morgan fingerprint density at radius 1 is 1.48 bits per heavy atom. The molecule has 0 atom stereocenters. The maximum Gasteiger partial charge on any atom is 0.230 e. The van der Waals surface area contributed by atoms with E-state index in [1.807, 2.05) is 18.2 Å². The van der Waals surface area contributed by atoms with Gasteiger partial charge < -0.3 is 14.6 Å². The third-order valence-electron chi connectivity index (χ3n) is 3.38. The number of benzene rings is 1. The Kier molecular flexibility index (Phi) is 7.20. The fraction of sp³-hybridized carbons (Fsp3) is 0.500. The zero-order valence-electron chi connectivity index (χ0n) is 13.5. The number of carbonyl (C=O) groups is 1. The summed E-state index contributed by atoms with van der Waals surface area (Å²) in [6.07, 6.45) is 2.07. The molecule has 1 N–H and O–H groups in total. The molecule has 1 amide bonds. The third kappa shape index (κ3) is 5.12. The Balaban J connectivity index is 2.10. The van der Waals surface area contributed by atoms with Crippen LogP contribution in [-0.4, -0.2) is 41.5 Å². The number of hydrogen-bond acceptors (Lipinski definition) is 4. The lowest BCUT2D eigenvalue weighted by atomic mass is 10.3. The van der Waals surface area contributed by atoms with Gasteiger partial charge in [0.1, 0.15) is 0 Å². The SMILES string of the molecule is CCCCNC(=O)CSc1nc2cc(Cl)ccc2n1CCOC. The average molecular weight is 356 g/mol. The van der Waals surface area contributed by atoms with E-state index in [-0.39, 0.29) is 5.91 Å². The summed E-state index contributed by atoms with van der Waals surface area (Å²) in [4.78, 5) is 16.5. The molecule has 0 aliphatic heterocycles. The van der Waals surface area contributed by atoms with Crippen LogP contribution in [0, 0.1) is 0 Å². The Labute approximate surface area is 145 Å². The number of unbranched alkanes of at least 4 members (excludes halogenated alkanes) is 1. The highest BCUT2D eigenvalue weighted by Crippen LogP contribution is 2.26. The van der Waals surface area contributed by atoms with Crippen LogP contribution < -0.4 is 5.32 Å². The summed E-state index contributed by atoms with van der Waals surface area (Å²) in [7, 11) is 1.67. The van der Waals surface area contributed by atoms with Crippen molar-refractivity contribution in [3.63, 3.8) is 0 Å². The molecule has 0 saturated heterocycles. The molecule has 0 bridgehead atoms. The highest BCUT2D eigenvalue weighted by Gasteiger charge is 2.13. The van der Waals surface area contributed by atoms with Crippen LogP contribution in [-0.2, 0) is 16.1 Å². The number of nitrogens with zero attached hydrogens (tertiary/aromatic N) is 2. The molecule has 7 heteroatoms. The molecule has 0 radical (unpaired) electrons. The number of fused-ring (bicyclic) bond motifs is 1. The van der Waals surface area contributed by atoms with Crippen molar-refractivity contribution in [3.8, 4) is 0 Å². The molecule has 126 valence electrons. The van der Waals surface area contributed by atoms with Gasteiger partial charge in [-0.1, -0.05) is 36.7 Å². The van der Waals surface area contributed by atoms with Gasteiger partial charge in [0.2, 0.25) is 5.91 Å². The first-order valence-electron chi connectivity index (χ1n) is 7.70. The van der Waals surface area contributed by atoms with E-state index in [9.17, 15) is 4.79 Å². The van der Waals surface area contributed by atoms with Crippen molar-refractivity contribution < 1.29 is 9.53 Å². The maximum atomic E-state index is 11.9. The molecule has 0 unspecified atom stereocenters. The first-order valence-corrected chi connectivity index (χ1v) is 9.06. The molecule has 0 saturated carbocycles. The van der Waals surface area contributed by atoms with Crippen molar-refractivity contribution in [2.45, 2.75) is 31.5 Å². The number of rotatable bonds is 9.